The van der Waals surface area contributed by atoms with Gasteiger partial charge in [-0.3, -0.25) is 0 Å². The van der Waals surface area contributed by atoms with E-state index in [-0.39, 0.29) is 193 Å². The maximum atomic E-state index is 0. The Morgan fingerprint density at radius 1 is 1.00 bits per heavy atom. The van der Waals surface area contributed by atoms with Gasteiger partial charge in [0.05, 0.1) is 0 Å². The van der Waals surface area contributed by atoms with Crippen molar-refractivity contribution in [2.45, 2.75) is 0 Å². The van der Waals surface area contributed by atoms with Crippen molar-refractivity contribution < 1.29 is 193 Å². The Balaban J connectivity index is 0. The minimum Gasteiger partial charge on any atom is 0 e. The minimum atomic E-state index is 0. The van der Waals surface area contributed by atoms with Crippen molar-refractivity contribution in [3.63, 3.8) is 0 Å². The molecule has 0 aliphatic heterocycles. The molecule has 0 aromatic heterocycles. The Morgan fingerprint density at radius 3 is 1.00 bits per heavy atom. The summed E-state index contributed by atoms with van der Waals surface area (Å²) < 4.78 is 0. The Labute approximate surface area is 189 Å². The topological polar surface area (TPSA) is 0 Å². The monoisotopic (exact) mass is 750 g/mol. The van der Waals surface area contributed by atoms with E-state index in [1.165, 1.54) is 0 Å². The van der Waals surface area contributed by atoms with Gasteiger partial charge in [0, 0.05) is 193 Å². The van der Waals surface area contributed by atoms with Crippen LogP contribution in [0.1, 0.15) is 0 Å². The third-order valence-corrected chi connectivity index (χ3v) is 0. The first kappa shape index (κ1) is 98.3. The van der Waals surface area contributed by atoms with Crippen LogP contribution in [0, 0.1) is 0 Å². The van der Waals surface area contributed by atoms with E-state index in [9.17, 15) is 0 Å². The molecule has 3 radical (unpaired) electrons. The molecule has 0 rings (SSSR count). The molecule has 0 amide bonds. The van der Waals surface area contributed by atoms with Gasteiger partial charge in [-0.1, -0.05) is 0 Å². The summed E-state index contributed by atoms with van der Waals surface area (Å²) in [5.74, 6) is 0. The molecule has 0 atom stereocenters. The van der Waals surface area contributed by atoms with E-state index in [2.05, 4.69) is 0 Å². The van der Waals surface area contributed by atoms with Crippen molar-refractivity contribution in [1.82, 2.24) is 0 Å². The van der Waals surface area contributed by atoms with Crippen molar-refractivity contribution >= 4 is 0 Å². The van der Waals surface area contributed by atoms with Gasteiger partial charge in [0.25, 0.3) is 0 Å². The Hall–Kier alpha value is 6.13. The van der Waals surface area contributed by atoms with E-state index >= 15 is 0 Å². The first-order valence-electron chi connectivity index (χ1n) is 0. The summed E-state index contributed by atoms with van der Waals surface area (Å²) >= 11 is 0. The molecule has 0 heterocycles. The second-order valence-corrected chi connectivity index (χ2v) is 0. The smallest absolute Gasteiger partial charge is 0 e. The van der Waals surface area contributed by atoms with Gasteiger partial charge in [-0.25, -0.2) is 0 Å². The quantitative estimate of drug-likeness (QED) is 0.306. The number of rotatable bonds is 0. The summed E-state index contributed by atoms with van der Waals surface area (Å²) in [4.78, 5) is 0. The summed E-state index contributed by atoms with van der Waals surface area (Å²) in [6, 6.07) is 0. The Kier molecular flexibility index (Phi) is 790. The third kappa shape index (κ3) is 64.8. The van der Waals surface area contributed by atoms with Crippen LogP contribution in [0.5, 0.6) is 0 Å². The average molecular weight is 750 g/mol. The molecular formula is CoCrFeMnMoNiTiVWZr. The van der Waals surface area contributed by atoms with Gasteiger partial charge in [-0.05, 0) is 0 Å². The van der Waals surface area contributed by atoms with E-state index in [4.69, 9.17) is 0 Å². The van der Waals surface area contributed by atoms with Crippen molar-refractivity contribution in [1.29, 1.82) is 0 Å². The predicted molar refractivity (Wildman–Crippen MR) is 0 cm³/mol. The van der Waals surface area contributed by atoms with E-state index in [0.717, 1.165) is 0 Å². The standard InChI is InChI=1S/Co.Cr.Fe.Mn.Mo.Ni.Ti.V.W.Zr. The Bertz CT molecular complexity index is 33.2. The summed E-state index contributed by atoms with van der Waals surface area (Å²) in [5, 5.41) is 0. The molecular weight excluding hydrogens is 750 g/mol. The maximum absolute atomic E-state index is 0. The normalized spacial score (nSPS) is 0. The van der Waals surface area contributed by atoms with Crippen molar-refractivity contribution in [3.8, 4) is 0 Å². The molecule has 0 bridgehead atoms. The van der Waals surface area contributed by atoms with Crippen LogP contribution in [-0.4, -0.2) is 0 Å². The molecule has 0 fully saturated rings. The van der Waals surface area contributed by atoms with Gasteiger partial charge in [0.2, 0.25) is 0 Å². The molecule has 0 spiro atoms. The van der Waals surface area contributed by atoms with Crippen LogP contribution in [0.2, 0.25) is 0 Å². The maximum Gasteiger partial charge on any atom is 0 e. The molecule has 0 nitrogen and oxygen atoms in total. The van der Waals surface area contributed by atoms with Crippen LogP contribution < -0.4 is 0 Å². The zero-order chi connectivity index (χ0) is 0. The molecule has 10 heavy (non-hydrogen) atoms. The molecule has 0 aliphatic carbocycles. The zero-order valence-corrected chi connectivity index (χ0v) is 20.0. The van der Waals surface area contributed by atoms with Gasteiger partial charge in [-0.15, -0.1) is 0 Å². The van der Waals surface area contributed by atoms with Crippen LogP contribution >= 0.6 is 0 Å². The van der Waals surface area contributed by atoms with Crippen LogP contribution in [0.4, 0.5) is 0 Å². The van der Waals surface area contributed by atoms with E-state index in [1.54, 1.807) is 0 Å². The van der Waals surface area contributed by atoms with Crippen molar-refractivity contribution in [3.05, 3.63) is 0 Å². The SMILES string of the molecule is [Co].[Cr].[Fe].[Mn].[Mo].[Ni].[Ti].[V].[W].[Zr]. The van der Waals surface area contributed by atoms with Crippen molar-refractivity contribution in [2.75, 3.05) is 0 Å². The fourth-order valence-electron chi connectivity index (χ4n) is 0. The molecule has 65 valence electrons. The van der Waals surface area contributed by atoms with Crippen LogP contribution in [0.15, 0.2) is 0 Å². The second-order valence-electron chi connectivity index (χ2n) is 0. The zero-order valence-electron chi connectivity index (χ0n) is 4.05. The second kappa shape index (κ2) is 80.4. The van der Waals surface area contributed by atoms with E-state index in [1.807, 2.05) is 0 Å². The van der Waals surface area contributed by atoms with Gasteiger partial charge in [0.15, 0.2) is 0 Å². The molecule has 0 aromatic rings. The van der Waals surface area contributed by atoms with Crippen molar-refractivity contribution in [2.24, 2.45) is 0 Å². The summed E-state index contributed by atoms with van der Waals surface area (Å²) in [6.45, 7) is 0. The van der Waals surface area contributed by atoms with Gasteiger partial charge in [-0.2, -0.15) is 0 Å². The molecule has 0 saturated carbocycles. The first-order valence-corrected chi connectivity index (χ1v) is 0. The van der Waals surface area contributed by atoms with Crippen LogP contribution in [0.25, 0.3) is 0 Å². The van der Waals surface area contributed by atoms with Crippen LogP contribution in [-0.2, 0) is 193 Å². The number of hydrogen-bond donors (Lipinski definition) is 0. The van der Waals surface area contributed by atoms with Gasteiger partial charge >= 0.3 is 0 Å². The fraction of sp³-hybridized carbons (Fsp3) is 0. The molecule has 0 saturated heterocycles. The molecule has 10 heteroatoms. The first-order chi connectivity index (χ1) is 0. The Morgan fingerprint density at radius 2 is 1.00 bits per heavy atom. The minimum absolute atomic E-state index is 0. The van der Waals surface area contributed by atoms with Crippen LogP contribution in [0.3, 0.4) is 0 Å². The third-order valence-electron chi connectivity index (χ3n) is 0. The number of hydrogen-bond acceptors (Lipinski definition) is 0. The largest absolute Gasteiger partial charge is 0 e. The van der Waals surface area contributed by atoms with Gasteiger partial charge in [0.1, 0.15) is 0 Å². The van der Waals surface area contributed by atoms with Gasteiger partial charge < -0.3 is 0 Å². The summed E-state index contributed by atoms with van der Waals surface area (Å²) in [6.07, 6.45) is 0. The molecule has 0 aliphatic rings. The molecule has 0 N–H and O–H groups in total. The summed E-state index contributed by atoms with van der Waals surface area (Å²) in [5.41, 5.74) is 0. The molecule has 0 unspecified atom stereocenters. The average Bonchev–Trinajstić information content (AvgIpc) is 0. The fourth-order valence-corrected chi connectivity index (χ4v) is 0. The van der Waals surface area contributed by atoms with E-state index < -0.39 is 0 Å². The molecule has 0 aromatic carbocycles. The predicted octanol–water partition coefficient (Wildman–Crippen LogP) is -0.0250. The summed E-state index contributed by atoms with van der Waals surface area (Å²) in [7, 11) is 0. The van der Waals surface area contributed by atoms with E-state index in [0.29, 0.717) is 0 Å².